The summed E-state index contributed by atoms with van der Waals surface area (Å²) in [7, 11) is 0. The summed E-state index contributed by atoms with van der Waals surface area (Å²) < 4.78 is 6.30. The lowest BCUT2D eigenvalue weighted by Gasteiger charge is -2.16. The third-order valence-corrected chi connectivity index (χ3v) is 2.15. The van der Waals surface area contributed by atoms with Gasteiger partial charge < -0.3 is 4.74 Å². The molecule has 9 nitrogen and oxygen atoms in total. The van der Waals surface area contributed by atoms with Crippen LogP contribution in [0, 0.1) is 16.7 Å². The van der Waals surface area contributed by atoms with Gasteiger partial charge in [0.2, 0.25) is 5.28 Å². The zero-order valence-corrected chi connectivity index (χ0v) is 12.7. The van der Waals surface area contributed by atoms with Crippen LogP contribution in [0.4, 0.5) is 4.79 Å². The van der Waals surface area contributed by atoms with Gasteiger partial charge in [0.05, 0.1) is 0 Å². The molecule has 0 aromatic carbocycles. The van der Waals surface area contributed by atoms with Crippen molar-refractivity contribution in [3.05, 3.63) is 17.3 Å². The molecule has 22 heavy (non-hydrogen) atoms. The lowest BCUT2D eigenvalue weighted by atomic mass is 10.2. The smallest absolute Gasteiger partial charge is 0.427 e. The van der Waals surface area contributed by atoms with Crippen LogP contribution in [0.2, 0.25) is 0 Å². The van der Waals surface area contributed by atoms with E-state index in [0.29, 0.717) is 6.54 Å². The fraction of sp³-hybridized carbons (Fsp3) is 0.462. The third kappa shape index (κ3) is 4.85. The average Bonchev–Trinajstić information content (AvgIpc) is 2.82. The SMILES string of the molecule is CC[N+]1=NOC(=N\OC(=O)OC(C)(C)C)/C1=C/C(=C=N)C#N. The van der Waals surface area contributed by atoms with E-state index in [1.165, 1.54) is 10.8 Å². The molecule has 0 aliphatic carbocycles. The van der Waals surface area contributed by atoms with Gasteiger partial charge in [-0.1, -0.05) is 0 Å². The van der Waals surface area contributed by atoms with E-state index in [1.807, 2.05) is 5.87 Å². The maximum Gasteiger partial charge on any atom is 0.535 e. The van der Waals surface area contributed by atoms with Crippen LogP contribution in [0.3, 0.4) is 0 Å². The van der Waals surface area contributed by atoms with Crippen LogP contribution in [-0.4, -0.2) is 34.8 Å². The molecule has 0 radical (unpaired) electrons. The molecule has 0 aromatic rings. The fourth-order valence-corrected chi connectivity index (χ4v) is 1.30. The first-order chi connectivity index (χ1) is 10.3. The van der Waals surface area contributed by atoms with Crippen molar-refractivity contribution in [2.75, 3.05) is 6.54 Å². The van der Waals surface area contributed by atoms with Gasteiger partial charge >= 0.3 is 17.8 Å². The van der Waals surface area contributed by atoms with Gasteiger partial charge in [0.25, 0.3) is 0 Å². The van der Waals surface area contributed by atoms with Crippen LogP contribution < -0.4 is 0 Å². The van der Waals surface area contributed by atoms with Crippen molar-refractivity contribution in [3.63, 3.8) is 0 Å². The summed E-state index contributed by atoms with van der Waals surface area (Å²) in [4.78, 5) is 21.0. The summed E-state index contributed by atoms with van der Waals surface area (Å²) in [6.45, 7) is 7.26. The largest absolute Gasteiger partial charge is 0.535 e. The highest BCUT2D eigenvalue weighted by atomic mass is 16.8. The summed E-state index contributed by atoms with van der Waals surface area (Å²) in [6, 6.07) is 1.77. The number of nitrogens with zero attached hydrogens (tertiary/aromatic N) is 4. The molecule has 0 fully saturated rings. The first-order valence-corrected chi connectivity index (χ1v) is 6.36. The first kappa shape index (κ1) is 17.1. The van der Waals surface area contributed by atoms with Crippen LogP contribution in [0.15, 0.2) is 27.8 Å². The zero-order valence-electron chi connectivity index (χ0n) is 12.7. The number of oxime groups is 1. The Morgan fingerprint density at radius 2 is 2.27 bits per heavy atom. The number of hydrogen-bond donors (Lipinski definition) is 1. The van der Waals surface area contributed by atoms with E-state index in [-0.39, 0.29) is 17.2 Å². The Morgan fingerprint density at radius 1 is 1.59 bits per heavy atom. The number of likely N-dealkylation sites (N-methyl/N-ethyl adjacent to an activating group) is 1. The van der Waals surface area contributed by atoms with E-state index in [1.54, 1.807) is 33.8 Å². The molecule has 0 spiro atoms. The van der Waals surface area contributed by atoms with E-state index < -0.39 is 11.8 Å². The van der Waals surface area contributed by atoms with Crippen molar-refractivity contribution >= 4 is 17.9 Å². The van der Waals surface area contributed by atoms with Crippen molar-refractivity contribution in [1.29, 1.82) is 10.7 Å². The molecule has 0 saturated carbocycles. The fourth-order valence-electron chi connectivity index (χ4n) is 1.30. The highest BCUT2D eigenvalue weighted by Gasteiger charge is 2.33. The zero-order chi connectivity index (χ0) is 16.8. The topological polar surface area (TPSA) is 120 Å². The molecule has 1 aliphatic rings. The molecule has 1 aliphatic heterocycles. The van der Waals surface area contributed by atoms with Crippen molar-refractivity contribution in [3.8, 4) is 6.07 Å². The minimum Gasteiger partial charge on any atom is -0.427 e. The number of nitrogens with one attached hydrogen (secondary N) is 1. The number of rotatable bonds is 3. The highest BCUT2D eigenvalue weighted by molar-refractivity contribution is 5.92. The highest BCUT2D eigenvalue weighted by Crippen LogP contribution is 2.15. The molecule has 0 saturated heterocycles. The molecule has 1 N–H and O–H groups in total. The van der Waals surface area contributed by atoms with Gasteiger partial charge in [0.15, 0.2) is 6.54 Å². The van der Waals surface area contributed by atoms with Crippen molar-refractivity contribution in [1.82, 2.24) is 0 Å². The van der Waals surface area contributed by atoms with E-state index in [4.69, 9.17) is 20.2 Å². The van der Waals surface area contributed by atoms with E-state index in [2.05, 4.69) is 15.3 Å². The minimum atomic E-state index is -0.999. The number of carbonyl (C=O) groups is 1. The Morgan fingerprint density at radius 3 is 2.77 bits per heavy atom. The van der Waals surface area contributed by atoms with E-state index in [9.17, 15) is 4.79 Å². The second kappa shape index (κ2) is 7.15. The molecular weight excluding hydrogens is 290 g/mol. The summed E-state index contributed by atoms with van der Waals surface area (Å²) in [5.41, 5.74) is -0.509. The maximum atomic E-state index is 11.4. The molecule has 0 bridgehead atoms. The lowest BCUT2D eigenvalue weighted by molar-refractivity contribution is -0.544. The number of allylic oxidation sites excluding steroid dienone is 2. The predicted molar refractivity (Wildman–Crippen MR) is 74.0 cm³/mol. The molecule has 116 valence electrons. The summed E-state index contributed by atoms with van der Waals surface area (Å²) in [5, 5.41) is 23.0. The van der Waals surface area contributed by atoms with Gasteiger partial charge in [0.1, 0.15) is 17.2 Å². The van der Waals surface area contributed by atoms with Crippen LogP contribution in [0.5, 0.6) is 0 Å². The van der Waals surface area contributed by atoms with E-state index >= 15 is 0 Å². The monoisotopic (exact) mass is 306 g/mol. The molecule has 0 aromatic heterocycles. The maximum absolute atomic E-state index is 11.4. The lowest BCUT2D eigenvalue weighted by Crippen LogP contribution is -2.24. The quantitative estimate of drug-likeness (QED) is 0.214. The predicted octanol–water partition coefficient (Wildman–Crippen LogP) is 2.26. The number of ether oxygens (including phenoxy) is 1. The molecule has 1 heterocycles. The Balaban J connectivity index is 2.95. The van der Waals surface area contributed by atoms with Crippen LogP contribution in [0.25, 0.3) is 0 Å². The van der Waals surface area contributed by atoms with Crippen LogP contribution >= 0.6 is 0 Å². The van der Waals surface area contributed by atoms with Gasteiger partial charge in [0, 0.05) is 6.08 Å². The van der Waals surface area contributed by atoms with Gasteiger partial charge in [-0.15, -0.1) is 0 Å². The number of hydrogen-bond acceptors (Lipinski definition) is 8. The molecule has 0 unspecified atom stereocenters. The second-order valence-electron chi connectivity index (χ2n) is 5.02. The second-order valence-corrected chi connectivity index (χ2v) is 5.02. The number of carbonyl (C=O) groups excluding carboxylic acids is 1. The molecule has 0 amide bonds. The van der Waals surface area contributed by atoms with Gasteiger partial charge in [-0.2, -0.15) is 5.26 Å². The molecule has 9 heteroatoms. The first-order valence-electron chi connectivity index (χ1n) is 6.36. The minimum absolute atomic E-state index is 0.0564. The molecule has 0 atom stereocenters. The Kier molecular flexibility index (Phi) is 5.55. The average molecular weight is 306 g/mol. The third-order valence-electron chi connectivity index (χ3n) is 2.15. The Labute approximate surface area is 127 Å². The van der Waals surface area contributed by atoms with Crippen LogP contribution in [-0.2, 0) is 14.4 Å². The summed E-state index contributed by atoms with van der Waals surface area (Å²) in [6.07, 6.45) is 0.297. The standard InChI is InChI=1S/C13H16N5O4/c1-5-18-10(6-9(7-14)8-15)11(21-17-18)16-22-12(19)20-13(2,3)4/h6,14H,5H2,1-4H3/q+1/b10-6-,16-11-. The van der Waals surface area contributed by atoms with Gasteiger partial charge in [-0.25, -0.2) is 4.79 Å². The normalized spacial score (nSPS) is 17.3. The van der Waals surface area contributed by atoms with Crippen molar-refractivity contribution < 1.29 is 23.9 Å². The molecular formula is C13H16N5O4+. The Hall–Kier alpha value is -2.98. The van der Waals surface area contributed by atoms with Crippen molar-refractivity contribution in [2.24, 2.45) is 10.4 Å². The summed E-state index contributed by atoms with van der Waals surface area (Å²) >= 11 is 0. The summed E-state index contributed by atoms with van der Waals surface area (Å²) in [5.74, 6) is 1.83. The molecule has 1 rings (SSSR count). The van der Waals surface area contributed by atoms with Crippen molar-refractivity contribution in [2.45, 2.75) is 33.3 Å². The number of nitriles is 1. The van der Waals surface area contributed by atoms with Gasteiger partial charge in [-0.3, -0.25) is 15.1 Å². The van der Waals surface area contributed by atoms with E-state index in [0.717, 1.165) is 0 Å². The van der Waals surface area contributed by atoms with Gasteiger partial charge in [-0.05, 0) is 43.4 Å². The Bertz CT molecular complexity index is 642. The van der Waals surface area contributed by atoms with Crippen LogP contribution in [0.1, 0.15) is 27.7 Å².